The Balaban J connectivity index is 1.66. The number of thiophene rings is 1. The third kappa shape index (κ3) is 2.64. The summed E-state index contributed by atoms with van der Waals surface area (Å²) >= 11 is 11.2. The molecular weight excluding hydrogens is 330 g/mol. The highest BCUT2D eigenvalue weighted by atomic mass is 79.9. The van der Waals surface area contributed by atoms with Crippen molar-refractivity contribution in [3.8, 4) is 0 Å². The first-order valence-corrected chi connectivity index (χ1v) is 7.97. The molecule has 0 saturated carbocycles. The van der Waals surface area contributed by atoms with Crippen molar-refractivity contribution < 1.29 is 0 Å². The number of aryl methyl sites for hydroxylation is 1. The van der Waals surface area contributed by atoms with E-state index in [1.54, 1.807) is 11.3 Å². The summed E-state index contributed by atoms with van der Waals surface area (Å²) in [6.07, 6.45) is 2.35. The van der Waals surface area contributed by atoms with Gasteiger partial charge in [0.25, 0.3) is 0 Å². The van der Waals surface area contributed by atoms with Crippen LogP contribution in [0.4, 0.5) is 0 Å². The lowest BCUT2D eigenvalue weighted by molar-refractivity contribution is 0.530. The van der Waals surface area contributed by atoms with E-state index in [4.69, 9.17) is 11.6 Å². The zero-order valence-corrected chi connectivity index (χ0v) is 12.9. The number of halogens is 2. The second-order valence-electron chi connectivity index (χ2n) is 4.53. The van der Waals surface area contributed by atoms with Crippen molar-refractivity contribution in [3.63, 3.8) is 0 Å². The molecule has 1 heterocycles. The molecule has 0 bridgehead atoms. The third-order valence-electron chi connectivity index (χ3n) is 3.31. The van der Waals surface area contributed by atoms with Gasteiger partial charge in [0.15, 0.2) is 0 Å². The summed E-state index contributed by atoms with van der Waals surface area (Å²) in [5, 5.41) is 3.62. The highest BCUT2D eigenvalue weighted by Crippen LogP contribution is 2.39. The molecule has 3 rings (SSSR count). The Hall–Kier alpha value is -0.350. The molecule has 1 nitrogen and oxygen atoms in total. The molecule has 0 fully saturated rings. The molecule has 1 aromatic heterocycles. The fourth-order valence-corrected chi connectivity index (χ4v) is 4.01. The summed E-state index contributed by atoms with van der Waals surface area (Å²) in [6, 6.07) is 11.0. The number of hydrogen-bond acceptors (Lipinski definition) is 2. The first kappa shape index (κ1) is 12.7. The van der Waals surface area contributed by atoms with E-state index in [1.807, 2.05) is 0 Å². The standard InChI is InChI=1S/C14H13BrClNS/c15-10-3-1-9(2-4-10)8-17-12-5-6-13-11(12)7-14(16)18-13/h1-4,7,12,17H,5-6,8H2. The zero-order valence-electron chi connectivity index (χ0n) is 9.75. The SMILES string of the molecule is Clc1cc2c(s1)CCC2NCc1ccc(Br)cc1. The van der Waals surface area contributed by atoms with E-state index in [2.05, 4.69) is 51.6 Å². The van der Waals surface area contributed by atoms with Crippen LogP contribution in [0.3, 0.4) is 0 Å². The minimum absolute atomic E-state index is 0.465. The summed E-state index contributed by atoms with van der Waals surface area (Å²) in [5.74, 6) is 0. The molecule has 0 saturated heterocycles. The second kappa shape index (κ2) is 5.33. The van der Waals surface area contributed by atoms with E-state index in [-0.39, 0.29) is 0 Å². The molecule has 1 unspecified atom stereocenters. The lowest BCUT2D eigenvalue weighted by atomic mass is 10.1. The monoisotopic (exact) mass is 341 g/mol. The molecule has 1 N–H and O–H groups in total. The Labute approximate surface area is 124 Å². The quantitative estimate of drug-likeness (QED) is 0.833. The normalized spacial score (nSPS) is 18.0. The van der Waals surface area contributed by atoms with Gasteiger partial charge in [-0.15, -0.1) is 11.3 Å². The van der Waals surface area contributed by atoms with Crippen molar-refractivity contribution in [2.24, 2.45) is 0 Å². The molecule has 0 amide bonds. The maximum atomic E-state index is 6.06. The van der Waals surface area contributed by atoms with Gasteiger partial charge in [-0.05, 0) is 42.2 Å². The molecule has 2 aromatic rings. The molecular formula is C14H13BrClNS. The van der Waals surface area contributed by atoms with Crippen LogP contribution in [-0.2, 0) is 13.0 Å². The maximum absolute atomic E-state index is 6.06. The highest BCUT2D eigenvalue weighted by molar-refractivity contribution is 9.10. The minimum Gasteiger partial charge on any atom is -0.306 e. The van der Waals surface area contributed by atoms with Crippen LogP contribution in [-0.4, -0.2) is 0 Å². The van der Waals surface area contributed by atoms with Crippen LogP contribution in [0.5, 0.6) is 0 Å². The van der Waals surface area contributed by atoms with Gasteiger partial charge in [-0.2, -0.15) is 0 Å². The van der Waals surface area contributed by atoms with E-state index in [0.717, 1.165) is 21.8 Å². The van der Waals surface area contributed by atoms with Gasteiger partial charge in [-0.3, -0.25) is 0 Å². The van der Waals surface area contributed by atoms with E-state index >= 15 is 0 Å². The van der Waals surface area contributed by atoms with Crippen molar-refractivity contribution in [2.45, 2.75) is 25.4 Å². The van der Waals surface area contributed by atoms with Gasteiger partial charge in [-0.1, -0.05) is 39.7 Å². The fourth-order valence-electron chi connectivity index (χ4n) is 2.39. The van der Waals surface area contributed by atoms with Gasteiger partial charge in [0, 0.05) is 21.9 Å². The van der Waals surface area contributed by atoms with Crippen LogP contribution in [0.25, 0.3) is 0 Å². The fraction of sp³-hybridized carbons (Fsp3) is 0.286. The lowest BCUT2D eigenvalue weighted by Gasteiger charge is -2.12. The van der Waals surface area contributed by atoms with E-state index < -0.39 is 0 Å². The lowest BCUT2D eigenvalue weighted by Crippen LogP contribution is -2.18. The minimum atomic E-state index is 0.465. The van der Waals surface area contributed by atoms with Crippen molar-refractivity contribution in [2.75, 3.05) is 0 Å². The van der Waals surface area contributed by atoms with Crippen LogP contribution in [0, 0.1) is 0 Å². The van der Waals surface area contributed by atoms with Gasteiger partial charge < -0.3 is 5.32 Å². The number of fused-ring (bicyclic) bond motifs is 1. The number of nitrogens with one attached hydrogen (secondary N) is 1. The van der Waals surface area contributed by atoms with E-state index in [1.165, 1.54) is 22.4 Å². The topological polar surface area (TPSA) is 12.0 Å². The van der Waals surface area contributed by atoms with E-state index in [9.17, 15) is 0 Å². The Morgan fingerprint density at radius 3 is 2.89 bits per heavy atom. The predicted molar refractivity (Wildman–Crippen MR) is 81.4 cm³/mol. The average Bonchev–Trinajstić information content (AvgIpc) is 2.88. The first-order valence-electron chi connectivity index (χ1n) is 5.98. The number of rotatable bonds is 3. The molecule has 0 spiro atoms. The first-order chi connectivity index (χ1) is 8.72. The van der Waals surface area contributed by atoms with Crippen LogP contribution in [0.1, 0.15) is 28.5 Å². The molecule has 1 atom stereocenters. The highest BCUT2D eigenvalue weighted by Gasteiger charge is 2.24. The molecule has 4 heteroatoms. The smallest absolute Gasteiger partial charge is 0.0934 e. The summed E-state index contributed by atoms with van der Waals surface area (Å²) in [5.41, 5.74) is 2.72. The Kier molecular flexibility index (Phi) is 3.76. The molecule has 1 aliphatic rings. The Bertz CT molecular complexity index is 549. The molecule has 0 aliphatic heterocycles. The van der Waals surface area contributed by atoms with Crippen LogP contribution < -0.4 is 5.32 Å². The van der Waals surface area contributed by atoms with Crippen molar-refractivity contribution in [1.82, 2.24) is 5.32 Å². The predicted octanol–water partition coefficient (Wildman–Crippen LogP) is 4.94. The average molecular weight is 343 g/mol. The van der Waals surface area contributed by atoms with Crippen LogP contribution >= 0.6 is 38.9 Å². The number of benzene rings is 1. The van der Waals surface area contributed by atoms with Gasteiger partial charge in [0.1, 0.15) is 0 Å². The third-order valence-corrected chi connectivity index (χ3v) is 5.18. The summed E-state index contributed by atoms with van der Waals surface area (Å²) < 4.78 is 2.04. The molecule has 18 heavy (non-hydrogen) atoms. The van der Waals surface area contributed by atoms with Crippen LogP contribution in [0.15, 0.2) is 34.8 Å². The van der Waals surface area contributed by atoms with Gasteiger partial charge >= 0.3 is 0 Å². The maximum Gasteiger partial charge on any atom is 0.0934 e. The van der Waals surface area contributed by atoms with Crippen molar-refractivity contribution in [1.29, 1.82) is 0 Å². The molecule has 1 aliphatic carbocycles. The molecule has 94 valence electrons. The summed E-state index contributed by atoms with van der Waals surface area (Å²) in [6.45, 7) is 0.908. The van der Waals surface area contributed by atoms with Crippen molar-refractivity contribution in [3.05, 3.63) is 55.1 Å². The Morgan fingerprint density at radius 2 is 2.11 bits per heavy atom. The number of hydrogen-bond donors (Lipinski definition) is 1. The summed E-state index contributed by atoms with van der Waals surface area (Å²) in [7, 11) is 0. The summed E-state index contributed by atoms with van der Waals surface area (Å²) in [4.78, 5) is 1.45. The molecule has 1 aromatic carbocycles. The van der Waals surface area contributed by atoms with Gasteiger partial charge in [-0.25, -0.2) is 0 Å². The van der Waals surface area contributed by atoms with Gasteiger partial charge in [0.2, 0.25) is 0 Å². The molecule has 0 radical (unpaired) electrons. The van der Waals surface area contributed by atoms with Gasteiger partial charge in [0.05, 0.1) is 4.34 Å². The van der Waals surface area contributed by atoms with Crippen molar-refractivity contribution >= 4 is 38.9 Å². The van der Waals surface area contributed by atoms with E-state index in [0.29, 0.717) is 6.04 Å². The zero-order chi connectivity index (χ0) is 12.5. The Morgan fingerprint density at radius 1 is 1.33 bits per heavy atom. The largest absolute Gasteiger partial charge is 0.306 e. The van der Waals surface area contributed by atoms with Crippen LogP contribution in [0.2, 0.25) is 4.34 Å². The second-order valence-corrected chi connectivity index (χ2v) is 7.21.